The van der Waals surface area contributed by atoms with E-state index in [0.29, 0.717) is 0 Å². The van der Waals surface area contributed by atoms with Gasteiger partial charge in [-0.2, -0.15) is 10.5 Å². The highest BCUT2D eigenvalue weighted by Crippen LogP contribution is 2.21. The number of benzene rings is 1. The summed E-state index contributed by atoms with van der Waals surface area (Å²) < 4.78 is 0. The molecule has 2 rings (SSSR count). The maximum atomic E-state index is 8.97. The Balaban J connectivity index is 2.20. The molecule has 1 aliphatic rings. The summed E-state index contributed by atoms with van der Waals surface area (Å²) in [7, 11) is 0. The van der Waals surface area contributed by atoms with Crippen LogP contribution in [0.25, 0.3) is 6.08 Å². The van der Waals surface area contributed by atoms with Crippen molar-refractivity contribution in [2.75, 3.05) is 32.7 Å². The third-order valence-corrected chi connectivity index (χ3v) is 4.55. The summed E-state index contributed by atoms with van der Waals surface area (Å²) in [5, 5.41) is 17.9. The molecule has 0 bridgehead atoms. The summed E-state index contributed by atoms with van der Waals surface area (Å²) in [6, 6.07) is 8.15. The van der Waals surface area contributed by atoms with Gasteiger partial charge in [-0.25, -0.2) is 0 Å². The maximum absolute atomic E-state index is 8.97. The first-order valence-electron chi connectivity index (χ1n) is 8.14. The Labute approximate surface area is 139 Å². The quantitative estimate of drug-likeness (QED) is 0.803. The van der Waals surface area contributed by atoms with E-state index in [9.17, 15) is 0 Å². The minimum Gasteiger partial charge on any atom is -0.301 e. The van der Waals surface area contributed by atoms with Gasteiger partial charge in [0.25, 0.3) is 0 Å². The lowest BCUT2D eigenvalue weighted by molar-refractivity contribution is 0.132. The van der Waals surface area contributed by atoms with E-state index in [1.54, 1.807) is 6.08 Å². The normalized spacial score (nSPS) is 15.7. The molecule has 0 unspecified atom stereocenters. The third kappa shape index (κ3) is 4.42. The van der Waals surface area contributed by atoms with Crippen molar-refractivity contribution in [2.24, 2.45) is 0 Å². The van der Waals surface area contributed by atoms with Gasteiger partial charge >= 0.3 is 0 Å². The molecule has 120 valence electrons. The molecule has 0 aromatic heterocycles. The van der Waals surface area contributed by atoms with Crippen LogP contribution in [0.15, 0.2) is 17.7 Å². The number of allylic oxidation sites excluding steroid dienone is 1. The van der Waals surface area contributed by atoms with E-state index in [1.807, 2.05) is 18.2 Å². The second kappa shape index (κ2) is 7.92. The number of hydrogen-bond donors (Lipinski definition) is 0. The molecule has 4 heteroatoms. The Morgan fingerprint density at radius 3 is 2.26 bits per heavy atom. The van der Waals surface area contributed by atoms with E-state index in [0.717, 1.165) is 50.4 Å². The van der Waals surface area contributed by atoms with E-state index >= 15 is 0 Å². The molecule has 1 aromatic rings. The summed E-state index contributed by atoms with van der Waals surface area (Å²) in [4.78, 5) is 4.96. The molecule has 0 atom stereocenters. The summed E-state index contributed by atoms with van der Waals surface area (Å²) in [5.74, 6) is 0. The number of likely N-dealkylation sites (N-methyl/N-ethyl adjacent to an activating group) is 1. The number of piperazine rings is 1. The average molecular weight is 308 g/mol. The molecule has 0 amide bonds. The zero-order valence-electron chi connectivity index (χ0n) is 14.3. The second-order valence-corrected chi connectivity index (χ2v) is 6.13. The lowest BCUT2D eigenvalue weighted by Crippen LogP contribution is -2.45. The lowest BCUT2D eigenvalue weighted by Gasteiger charge is -2.34. The first kappa shape index (κ1) is 17.2. The van der Waals surface area contributed by atoms with E-state index in [1.165, 1.54) is 11.1 Å². The molecule has 0 radical (unpaired) electrons. The number of aryl methyl sites for hydroxylation is 1. The molecule has 0 spiro atoms. The Bertz CT molecular complexity index is 652. The predicted molar refractivity (Wildman–Crippen MR) is 92.5 cm³/mol. The first-order valence-corrected chi connectivity index (χ1v) is 8.14. The molecule has 1 fully saturated rings. The lowest BCUT2D eigenvalue weighted by atomic mass is 9.97. The van der Waals surface area contributed by atoms with E-state index in [4.69, 9.17) is 10.5 Å². The summed E-state index contributed by atoms with van der Waals surface area (Å²) in [6.45, 7) is 12.8. The van der Waals surface area contributed by atoms with Gasteiger partial charge in [0.05, 0.1) is 0 Å². The summed E-state index contributed by atoms with van der Waals surface area (Å²) in [6.07, 6.45) is 1.70. The topological polar surface area (TPSA) is 54.1 Å². The maximum Gasteiger partial charge on any atom is 0.130 e. The van der Waals surface area contributed by atoms with Crippen LogP contribution < -0.4 is 0 Å². The third-order valence-electron chi connectivity index (χ3n) is 4.55. The number of hydrogen-bond acceptors (Lipinski definition) is 4. The minimum atomic E-state index is 0.154. The first-order chi connectivity index (χ1) is 11.1. The van der Waals surface area contributed by atoms with Crippen LogP contribution in [-0.2, 0) is 6.54 Å². The molecule has 0 aliphatic carbocycles. The van der Waals surface area contributed by atoms with Gasteiger partial charge in [-0.15, -0.1) is 0 Å². The molecule has 1 aromatic carbocycles. The van der Waals surface area contributed by atoms with Gasteiger partial charge in [0, 0.05) is 32.7 Å². The van der Waals surface area contributed by atoms with Gasteiger partial charge < -0.3 is 4.90 Å². The van der Waals surface area contributed by atoms with Crippen molar-refractivity contribution < 1.29 is 0 Å². The predicted octanol–water partition coefficient (Wildman–Crippen LogP) is 2.87. The van der Waals surface area contributed by atoms with Gasteiger partial charge in [-0.3, -0.25) is 4.90 Å². The van der Waals surface area contributed by atoms with Crippen molar-refractivity contribution in [3.8, 4) is 12.1 Å². The smallest absolute Gasteiger partial charge is 0.130 e. The van der Waals surface area contributed by atoms with Crippen molar-refractivity contribution >= 4 is 6.08 Å². The van der Waals surface area contributed by atoms with Crippen LogP contribution in [0.1, 0.15) is 29.2 Å². The summed E-state index contributed by atoms with van der Waals surface area (Å²) >= 11 is 0. The van der Waals surface area contributed by atoms with Gasteiger partial charge in [0.2, 0.25) is 0 Å². The van der Waals surface area contributed by atoms with Crippen LogP contribution in [0.4, 0.5) is 0 Å². The van der Waals surface area contributed by atoms with Crippen LogP contribution in [0.3, 0.4) is 0 Å². The summed E-state index contributed by atoms with van der Waals surface area (Å²) in [5.41, 5.74) is 4.75. The zero-order valence-corrected chi connectivity index (χ0v) is 14.3. The average Bonchev–Trinajstić information content (AvgIpc) is 2.57. The van der Waals surface area contributed by atoms with E-state index < -0.39 is 0 Å². The number of rotatable bonds is 4. The van der Waals surface area contributed by atoms with Crippen molar-refractivity contribution in [3.63, 3.8) is 0 Å². The molecule has 1 aliphatic heterocycles. The molecular formula is C19H24N4. The molecule has 23 heavy (non-hydrogen) atoms. The molecule has 0 saturated carbocycles. The van der Waals surface area contributed by atoms with Crippen molar-refractivity contribution in [1.82, 2.24) is 9.80 Å². The van der Waals surface area contributed by atoms with Gasteiger partial charge in [-0.05, 0) is 43.2 Å². The largest absolute Gasteiger partial charge is 0.301 e. The molecule has 1 heterocycles. The zero-order chi connectivity index (χ0) is 16.8. The van der Waals surface area contributed by atoms with E-state index in [2.05, 4.69) is 36.6 Å². The number of nitrogens with zero attached hydrogens (tertiary/aromatic N) is 4. The van der Waals surface area contributed by atoms with Gasteiger partial charge in [0.15, 0.2) is 0 Å². The van der Waals surface area contributed by atoms with Crippen LogP contribution in [-0.4, -0.2) is 42.5 Å². The molecule has 4 nitrogen and oxygen atoms in total. The minimum absolute atomic E-state index is 0.154. The Kier molecular flexibility index (Phi) is 5.93. The molecule has 1 saturated heterocycles. The van der Waals surface area contributed by atoms with Crippen molar-refractivity contribution in [3.05, 3.63) is 40.0 Å². The second-order valence-electron chi connectivity index (χ2n) is 6.13. The fourth-order valence-corrected chi connectivity index (χ4v) is 3.03. The van der Waals surface area contributed by atoms with Crippen molar-refractivity contribution in [2.45, 2.75) is 27.3 Å². The fraction of sp³-hybridized carbons (Fsp3) is 0.474. The molecular weight excluding hydrogens is 284 g/mol. The highest BCUT2D eigenvalue weighted by molar-refractivity contribution is 5.65. The van der Waals surface area contributed by atoms with Crippen molar-refractivity contribution in [1.29, 1.82) is 10.5 Å². The number of nitriles is 2. The van der Waals surface area contributed by atoms with Crippen LogP contribution in [0.5, 0.6) is 0 Å². The Morgan fingerprint density at radius 2 is 1.70 bits per heavy atom. The molecule has 0 N–H and O–H groups in total. The highest BCUT2D eigenvalue weighted by atomic mass is 15.3. The SMILES string of the molecule is CCN1CCN(Cc2cc(C)cc(C=C(C#N)C#N)c2C)CC1. The van der Waals surface area contributed by atoms with Crippen LogP contribution >= 0.6 is 0 Å². The highest BCUT2D eigenvalue weighted by Gasteiger charge is 2.17. The Morgan fingerprint density at radius 1 is 1.09 bits per heavy atom. The van der Waals surface area contributed by atoms with Gasteiger partial charge in [-0.1, -0.05) is 24.6 Å². The Hall–Kier alpha value is -2.14. The van der Waals surface area contributed by atoms with Crippen LogP contribution in [0, 0.1) is 36.5 Å². The van der Waals surface area contributed by atoms with E-state index in [-0.39, 0.29) is 5.57 Å². The monoisotopic (exact) mass is 308 g/mol. The van der Waals surface area contributed by atoms with Crippen LogP contribution in [0.2, 0.25) is 0 Å². The standard InChI is InChI=1S/C19H24N4/c1-4-22-5-7-23(8-6-22)14-19-10-15(2)9-18(16(19)3)11-17(12-20)13-21/h9-11H,4-8,14H2,1-3H3. The fourth-order valence-electron chi connectivity index (χ4n) is 3.03. The van der Waals surface area contributed by atoms with Gasteiger partial charge in [0.1, 0.15) is 17.7 Å².